The first-order valence-electron chi connectivity index (χ1n) is 5.11. The van der Waals surface area contributed by atoms with Gasteiger partial charge in [-0.05, 0) is 25.1 Å². The number of rotatable bonds is 3. The lowest BCUT2D eigenvalue weighted by molar-refractivity contribution is -0.191. The van der Waals surface area contributed by atoms with Crippen LogP contribution in [0.5, 0.6) is 5.75 Å². The Kier molecular flexibility index (Phi) is 4.21. The minimum absolute atomic E-state index is 0.223. The molecule has 1 aromatic carbocycles. The molecule has 0 heterocycles. The van der Waals surface area contributed by atoms with Crippen LogP contribution in [0.1, 0.15) is 22.8 Å². The zero-order valence-electron chi connectivity index (χ0n) is 9.84. The van der Waals surface area contributed by atoms with Gasteiger partial charge in [-0.15, -0.1) is 0 Å². The summed E-state index contributed by atoms with van der Waals surface area (Å²) < 4.78 is 79.1. The molecule has 0 saturated carbocycles. The Morgan fingerprint density at radius 1 is 1.20 bits per heavy atom. The number of carboxylic acid groups (broad SMARTS) is 1. The maximum absolute atomic E-state index is 12.7. The van der Waals surface area contributed by atoms with Crippen LogP contribution in [0.25, 0.3) is 0 Å². The van der Waals surface area contributed by atoms with E-state index in [1.807, 2.05) is 0 Å². The van der Waals surface area contributed by atoms with Gasteiger partial charge in [0.2, 0.25) is 0 Å². The van der Waals surface area contributed by atoms with Gasteiger partial charge in [-0.3, -0.25) is 0 Å². The molecule has 0 aromatic heterocycles. The van der Waals surface area contributed by atoms with Crippen molar-refractivity contribution in [2.24, 2.45) is 0 Å². The Bertz CT molecular complexity index is 506. The molecule has 0 aliphatic rings. The number of carboxylic acids is 1. The molecular formula is C11H8F6O3. The molecule has 1 aromatic rings. The average molecular weight is 302 g/mol. The van der Waals surface area contributed by atoms with E-state index < -0.39 is 41.3 Å². The predicted molar refractivity (Wildman–Crippen MR) is 54.5 cm³/mol. The number of hydrogen-bond donors (Lipinski definition) is 1. The minimum Gasteiger partial charge on any atom is -0.481 e. The quantitative estimate of drug-likeness (QED) is 0.865. The van der Waals surface area contributed by atoms with Gasteiger partial charge in [0, 0.05) is 0 Å². The molecule has 0 radical (unpaired) electrons. The van der Waals surface area contributed by atoms with E-state index in [4.69, 9.17) is 5.11 Å². The molecule has 112 valence electrons. The van der Waals surface area contributed by atoms with Gasteiger partial charge in [0.25, 0.3) is 0 Å². The van der Waals surface area contributed by atoms with Crippen molar-refractivity contribution < 1.29 is 41.0 Å². The number of hydrogen-bond acceptors (Lipinski definition) is 2. The van der Waals surface area contributed by atoms with Crippen LogP contribution in [0.4, 0.5) is 26.3 Å². The molecule has 0 spiro atoms. The summed E-state index contributed by atoms with van der Waals surface area (Å²) in [4.78, 5) is 10.6. The summed E-state index contributed by atoms with van der Waals surface area (Å²) in [5, 5.41) is 8.59. The van der Waals surface area contributed by atoms with E-state index in [-0.39, 0.29) is 6.07 Å². The van der Waals surface area contributed by atoms with Gasteiger partial charge < -0.3 is 9.84 Å². The summed E-state index contributed by atoms with van der Waals surface area (Å²) in [5.74, 6) is -2.71. The second kappa shape index (κ2) is 5.22. The van der Waals surface area contributed by atoms with Crippen LogP contribution in [0.3, 0.4) is 0 Å². The van der Waals surface area contributed by atoms with E-state index in [0.717, 1.165) is 6.07 Å². The molecule has 1 rings (SSSR count). The normalized spacial score (nSPS) is 13.9. The molecule has 0 fully saturated rings. The second-order valence-corrected chi connectivity index (χ2v) is 3.82. The molecule has 9 heteroatoms. The molecule has 0 aliphatic carbocycles. The highest BCUT2D eigenvalue weighted by Gasteiger charge is 2.41. The molecule has 20 heavy (non-hydrogen) atoms. The fourth-order valence-electron chi connectivity index (χ4n) is 1.24. The second-order valence-electron chi connectivity index (χ2n) is 3.82. The lowest BCUT2D eigenvalue weighted by Gasteiger charge is -2.20. The highest BCUT2D eigenvalue weighted by atomic mass is 19.4. The zero-order valence-corrected chi connectivity index (χ0v) is 9.84. The Labute approximate surface area is 108 Å². The summed E-state index contributed by atoms with van der Waals surface area (Å²) in [6.45, 7) is 0.547. The smallest absolute Gasteiger partial charge is 0.425 e. The monoisotopic (exact) mass is 302 g/mol. The van der Waals surface area contributed by atoms with Crippen LogP contribution in [-0.4, -0.2) is 23.4 Å². The van der Waals surface area contributed by atoms with Crippen LogP contribution in [0.2, 0.25) is 0 Å². The minimum atomic E-state index is -5.04. The zero-order chi connectivity index (χ0) is 15.7. The van der Waals surface area contributed by atoms with Gasteiger partial charge >= 0.3 is 18.3 Å². The molecule has 0 aliphatic heterocycles. The summed E-state index contributed by atoms with van der Waals surface area (Å²) in [5.41, 5.74) is -2.28. The maximum Gasteiger partial charge on any atom is 0.425 e. The first-order chi connectivity index (χ1) is 8.93. The summed E-state index contributed by atoms with van der Waals surface area (Å²) in [6.07, 6.45) is -12.3. The van der Waals surface area contributed by atoms with E-state index in [1.54, 1.807) is 0 Å². The number of alkyl halides is 6. The third-order valence-electron chi connectivity index (χ3n) is 2.30. The van der Waals surface area contributed by atoms with Crippen LogP contribution >= 0.6 is 0 Å². The van der Waals surface area contributed by atoms with E-state index >= 15 is 0 Å². The fraction of sp³-hybridized carbons (Fsp3) is 0.364. The van der Waals surface area contributed by atoms with Gasteiger partial charge in [0.1, 0.15) is 5.75 Å². The van der Waals surface area contributed by atoms with Crippen molar-refractivity contribution in [1.29, 1.82) is 0 Å². The number of ether oxygens (including phenoxy) is 1. The maximum atomic E-state index is 12.7. The average Bonchev–Trinajstić information content (AvgIpc) is 2.26. The number of benzene rings is 1. The highest BCUT2D eigenvalue weighted by Crippen LogP contribution is 2.38. The Morgan fingerprint density at radius 2 is 1.75 bits per heavy atom. The fourth-order valence-corrected chi connectivity index (χ4v) is 1.24. The van der Waals surface area contributed by atoms with Crippen LogP contribution < -0.4 is 4.74 Å². The van der Waals surface area contributed by atoms with Gasteiger partial charge in [-0.2, -0.15) is 26.3 Å². The van der Waals surface area contributed by atoms with E-state index in [1.165, 1.54) is 0 Å². The highest BCUT2D eigenvalue weighted by molar-refractivity contribution is 5.88. The van der Waals surface area contributed by atoms with Gasteiger partial charge in [-0.1, -0.05) is 0 Å². The van der Waals surface area contributed by atoms with Crippen molar-refractivity contribution in [3.8, 4) is 5.75 Å². The van der Waals surface area contributed by atoms with Gasteiger partial charge in [0.05, 0.1) is 11.1 Å². The number of aromatic carboxylic acids is 1. The molecular weight excluding hydrogens is 294 g/mol. The summed E-state index contributed by atoms with van der Waals surface area (Å²) in [7, 11) is 0. The summed E-state index contributed by atoms with van der Waals surface area (Å²) >= 11 is 0. The van der Waals surface area contributed by atoms with Crippen molar-refractivity contribution in [1.82, 2.24) is 0 Å². The van der Waals surface area contributed by atoms with Crippen LogP contribution in [-0.2, 0) is 6.18 Å². The topological polar surface area (TPSA) is 46.5 Å². The molecule has 1 atom stereocenters. The molecule has 0 bridgehead atoms. The number of halogens is 6. The molecule has 0 unspecified atom stereocenters. The lowest BCUT2D eigenvalue weighted by Crippen LogP contribution is -2.32. The predicted octanol–water partition coefficient (Wildman–Crippen LogP) is 3.73. The first kappa shape index (κ1) is 16.1. The van der Waals surface area contributed by atoms with Crippen molar-refractivity contribution in [2.75, 3.05) is 0 Å². The van der Waals surface area contributed by atoms with E-state index in [0.29, 0.717) is 13.0 Å². The first-order valence-corrected chi connectivity index (χ1v) is 5.11. The van der Waals surface area contributed by atoms with Crippen molar-refractivity contribution in [2.45, 2.75) is 25.4 Å². The standard InChI is InChI=1S/C11H8F6O3/c1-5(10(12,13)14)20-8-3-2-6(9(18)19)4-7(8)11(15,16)17/h2-5H,1H3,(H,18,19)/t5-/m1/s1. The third kappa shape index (κ3) is 3.78. The van der Waals surface area contributed by atoms with Crippen molar-refractivity contribution >= 4 is 5.97 Å². The van der Waals surface area contributed by atoms with Gasteiger partial charge in [0.15, 0.2) is 6.10 Å². The molecule has 1 N–H and O–H groups in total. The van der Waals surface area contributed by atoms with E-state index in [2.05, 4.69) is 4.74 Å². The number of carbonyl (C=O) groups is 1. The molecule has 0 saturated heterocycles. The van der Waals surface area contributed by atoms with Crippen LogP contribution in [0, 0.1) is 0 Å². The molecule has 0 amide bonds. The van der Waals surface area contributed by atoms with Crippen LogP contribution in [0.15, 0.2) is 18.2 Å². The largest absolute Gasteiger partial charge is 0.481 e. The third-order valence-corrected chi connectivity index (χ3v) is 2.30. The molecule has 3 nitrogen and oxygen atoms in total. The van der Waals surface area contributed by atoms with Crippen molar-refractivity contribution in [3.05, 3.63) is 29.3 Å². The van der Waals surface area contributed by atoms with E-state index in [9.17, 15) is 31.1 Å². The lowest BCUT2D eigenvalue weighted by atomic mass is 10.1. The Balaban J connectivity index is 3.23. The SMILES string of the molecule is C[C@@H](Oc1ccc(C(=O)O)cc1C(F)(F)F)C(F)(F)F. The van der Waals surface area contributed by atoms with Crippen molar-refractivity contribution in [3.63, 3.8) is 0 Å². The Morgan fingerprint density at radius 3 is 2.15 bits per heavy atom. The van der Waals surface area contributed by atoms with Gasteiger partial charge in [-0.25, -0.2) is 4.79 Å². The summed E-state index contributed by atoms with van der Waals surface area (Å²) in [6, 6.07) is 1.51. The Hall–Kier alpha value is -1.93.